The van der Waals surface area contributed by atoms with Gasteiger partial charge in [-0.3, -0.25) is 0 Å². The molecule has 0 radical (unpaired) electrons. The third-order valence-corrected chi connectivity index (χ3v) is 6.39. The predicted molar refractivity (Wildman–Crippen MR) is 71.5 cm³/mol. The monoisotopic (exact) mass is 342 g/mol. The molecule has 1 aliphatic heterocycles. The van der Waals surface area contributed by atoms with E-state index < -0.39 is 28.3 Å². The maximum Gasteiger partial charge on any atom is 0.439 e. The maximum absolute atomic E-state index is 13.1. The number of halogens is 3. The van der Waals surface area contributed by atoms with E-state index >= 15 is 0 Å². The number of aryl methyl sites for hydroxylation is 1. The number of thiophene rings is 1. The molecule has 2 rings (SSSR count). The molecule has 0 saturated heterocycles. The van der Waals surface area contributed by atoms with Crippen LogP contribution in [-0.4, -0.2) is 35.6 Å². The van der Waals surface area contributed by atoms with Gasteiger partial charge in [0.1, 0.15) is 4.21 Å². The van der Waals surface area contributed by atoms with Crippen LogP contribution in [-0.2, 0) is 16.4 Å². The van der Waals surface area contributed by atoms with Crippen molar-refractivity contribution < 1.29 is 26.7 Å². The lowest BCUT2D eigenvalue weighted by Crippen LogP contribution is -2.56. The van der Waals surface area contributed by atoms with Crippen LogP contribution in [0, 0.1) is 0 Å². The van der Waals surface area contributed by atoms with Crippen LogP contribution in [0.5, 0.6) is 0 Å². The number of aliphatic hydroxyl groups is 1. The molecule has 0 aliphatic carbocycles. The minimum Gasteiger partial charge on any atom is -0.361 e. The van der Waals surface area contributed by atoms with Gasteiger partial charge in [-0.2, -0.15) is 26.7 Å². The van der Waals surface area contributed by atoms with Crippen LogP contribution in [0.2, 0.25) is 0 Å². The summed E-state index contributed by atoms with van der Waals surface area (Å²) in [4.78, 5) is 0.712. The van der Waals surface area contributed by atoms with Gasteiger partial charge in [-0.05, 0) is 25.5 Å². The van der Waals surface area contributed by atoms with Gasteiger partial charge in [0.15, 0.2) is 0 Å². The molecule has 0 fully saturated rings. The highest BCUT2D eigenvalue weighted by Crippen LogP contribution is 2.43. The molecule has 0 amide bonds. The van der Waals surface area contributed by atoms with Gasteiger partial charge in [0, 0.05) is 17.0 Å². The molecule has 2 heterocycles. The van der Waals surface area contributed by atoms with Crippen LogP contribution in [0.3, 0.4) is 0 Å². The topological polar surface area (TPSA) is 70.0 Å². The minimum atomic E-state index is -5.15. The molecule has 0 bridgehead atoms. The summed E-state index contributed by atoms with van der Waals surface area (Å²) in [5.74, 6) is 0. The fraction of sp³-hybridized carbons (Fsp3) is 0.545. The number of hydrazone groups is 1. The second-order valence-electron chi connectivity index (χ2n) is 4.65. The van der Waals surface area contributed by atoms with Crippen LogP contribution < -0.4 is 0 Å². The highest BCUT2D eigenvalue weighted by molar-refractivity contribution is 7.91. The SMILES string of the molecule is CCc1ccc(S(=O)(=O)N2N=C(C)C[C@]2(O)C(F)(F)F)s1. The Labute approximate surface area is 123 Å². The van der Waals surface area contributed by atoms with Crippen LogP contribution >= 0.6 is 11.3 Å². The normalized spacial score (nSPS) is 23.5. The van der Waals surface area contributed by atoms with E-state index in [1.807, 2.05) is 0 Å². The molecule has 10 heteroatoms. The van der Waals surface area contributed by atoms with Gasteiger partial charge in [-0.15, -0.1) is 15.8 Å². The van der Waals surface area contributed by atoms with Gasteiger partial charge in [-0.1, -0.05) is 6.92 Å². The van der Waals surface area contributed by atoms with Crippen molar-refractivity contribution in [1.29, 1.82) is 0 Å². The molecule has 1 N–H and O–H groups in total. The Kier molecular flexibility index (Phi) is 3.83. The fourth-order valence-corrected chi connectivity index (χ4v) is 4.78. The lowest BCUT2D eigenvalue weighted by atomic mass is 10.1. The van der Waals surface area contributed by atoms with Crippen molar-refractivity contribution in [3.8, 4) is 0 Å². The maximum atomic E-state index is 13.1. The summed E-state index contributed by atoms with van der Waals surface area (Å²) in [7, 11) is -4.56. The van der Waals surface area contributed by atoms with Crippen molar-refractivity contribution in [2.45, 2.75) is 42.8 Å². The van der Waals surface area contributed by atoms with Crippen LogP contribution in [0.25, 0.3) is 0 Å². The van der Waals surface area contributed by atoms with Gasteiger partial charge in [0.05, 0.1) is 0 Å². The molecule has 21 heavy (non-hydrogen) atoms. The van der Waals surface area contributed by atoms with E-state index in [0.29, 0.717) is 11.3 Å². The third kappa shape index (κ3) is 2.55. The first-order valence-corrected chi connectivity index (χ1v) is 8.25. The average molecular weight is 342 g/mol. The molecular formula is C11H13F3N2O3S2. The van der Waals surface area contributed by atoms with Crippen LogP contribution in [0.15, 0.2) is 21.4 Å². The van der Waals surface area contributed by atoms with Crippen molar-refractivity contribution in [2.75, 3.05) is 0 Å². The molecule has 5 nitrogen and oxygen atoms in total. The number of sulfonamides is 1. The van der Waals surface area contributed by atoms with Gasteiger partial charge in [-0.25, -0.2) is 0 Å². The lowest BCUT2D eigenvalue weighted by Gasteiger charge is -2.32. The molecule has 1 atom stereocenters. The molecule has 0 spiro atoms. The smallest absolute Gasteiger partial charge is 0.361 e. The summed E-state index contributed by atoms with van der Waals surface area (Å²) in [6.45, 7) is 3.03. The van der Waals surface area contributed by atoms with Crippen molar-refractivity contribution >= 4 is 27.1 Å². The van der Waals surface area contributed by atoms with Gasteiger partial charge in [0.25, 0.3) is 15.7 Å². The highest BCUT2D eigenvalue weighted by Gasteiger charge is 2.64. The summed E-state index contributed by atoms with van der Waals surface area (Å²) in [6, 6.07) is 2.75. The van der Waals surface area contributed by atoms with Gasteiger partial charge in [0.2, 0.25) is 0 Å². The highest BCUT2D eigenvalue weighted by atomic mass is 32.2. The van der Waals surface area contributed by atoms with E-state index in [4.69, 9.17) is 0 Å². The molecular weight excluding hydrogens is 329 g/mol. The molecule has 118 valence electrons. The second-order valence-corrected chi connectivity index (χ2v) is 7.81. The van der Waals surface area contributed by atoms with Gasteiger partial charge < -0.3 is 5.11 Å². The van der Waals surface area contributed by atoms with Crippen LogP contribution in [0.4, 0.5) is 13.2 Å². The molecule has 1 aliphatic rings. The van der Waals surface area contributed by atoms with Crippen molar-refractivity contribution in [1.82, 2.24) is 4.41 Å². The minimum absolute atomic E-state index is 0.106. The molecule has 0 unspecified atom stereocenters. The zero-order valence-electron chi connectivity index (χ0n) is 11.2. The first-order valence-electron chi connectivity index (χ1n) is 5.99. The van der Waals surface area contributed by atoms with Crippen molar-refractivity contribution in [3.05, 3.63) is 17.0 Å². The third-order valence-electron chi connectivity index (χ3n) is 3.00. The Morgan fingerprint density at radius 1 is 1.48 bits per heavy atom. The number of hydrogen-bond acceptors (Lipinski definition) is 5. The first kappa shape index (κ1) is 16.2. The van der Waals surface area contributed by atoms with E-state index in [-0.39, 0.29) is 14.3 Å². The quantitative estimate of drug-likeness (QED) is 0.916. The zero-order chi connectivity index (χ0) is 16.1. The average Bonchev–Trinajstić information content (AvgIpc) is 2.93. The Morgan fingerprint density at radius 3 is 2.57 bits per heavy atom. The van der Waals surface area contributed by atoms with E-state index in [1.54, 1.807) is 6.92 Å². The summed E-state index contributed by atoms with van der Waals surface area (Å²) in [6.07, 6.45) is -5.49. The molecule has 1 aromatic rings. The predicted octanol–water partition coefficient (Wildman–Crippen LogP) is 2.33. The number of alkyl halides is 3. The standard InChI is InChI=1S/C11H13F3N2O3S2/c1-3-8-4-5-9(20-8)21(18,19)16-10(17,11(12,13)14)6-7(2)15-16/h4-5,17H,3,6H2,1-2H3/t10-/m0/s1. The van der Waals surface area contributed by atoms with Crippen molar-refractivity contribution in [2.24, 2.45) is 5.10 Å². The second kappa shape index (κ2) is 4.96. The number of nitrogens with zero attached hydrogens (tertiary/aromatic N) is 2. The summed E-state index contributed by atoms with van der Waals surface area (Å²) >= 11 is 0.862. The summed E-state index contributed by atoms with van der Waals surface area (Å²) in [5, 5.41) is 13.2. The van der Waals surface area contributed by atoms with Gasteiger partial charge >= 0.3 is 6.18 Å². The van der Waals surface area contributed by atoms with E-state index in [0.717, 1.165) is 11.3 Å². The Balaban J connectivity index is 2.51. The van der Waals surface area contributed by atoms with E-state index in [1.165, 1.54) is 19.1 Å². The molecule has 0 saturated carbocycles. The summed E-state index contributed by atoms with van der Waals surface area (Å²) in [5.41, 5.74) is -3.64. The van der Waals surface area contributed by atoms with E-state index in [9.17, 15) is 26.7 Å². The first-order chi connectivity index (χ1) is 9.52. The Morgan fingerprint density at radius 2 is 2.10 bits per heavy atom. The number of rotatable bonds is 3. The lowest BCUT2D eigenvalue weighted by molar-refractivity contribution is -0.291. The zero-order valence-corrected chi connectivity index (χ0v) is 12.8. The van der Waals surface area contributed by atoms with E-state index in [2.05, 4.69) is 5.10 Å². The largest absolute Gasteiger partial charge is 0.439 e. The number of hydrogen-bond donors (Lipinski definition) is 1. The summed E-state index contributed by atoms with van der Waals surface area (Å²) < 4.78 is 63.4. The van der Waals surface area contributed by atoms with Crippen LogP contribution in [0.1, 0.15) is 25.1 Å². The molecule has 0 aromatic carbocycles. The Bertz CT molecular complexity index is 681. The fourth-order valence-electron chi connectivity index (χ4n) is 1.93. The van der Waals surface area contributed by atoms with Crippen molar-refractivity contribution in [3.63, 3.8) is 0 Å². The molecule has 1 aromatic heterocycles. The Hall–Kier alpha value is -1.13.